The van der Waals surface area contributed by atoms with Gasteiger partial charge in [-0.05, 0) is 24.6 Å². The molecule has 0 heterocycles. The number of nitrogens with one attached hydrogen (secondary N) is 1. The fourth-order valence-corrected chi connectivity index (χ4v) is 1.25. The van der Waals surface area contributed by atoms with Gasteiger partial charge in [0.2, 0.25) is 0 Å². The number of hydrogen-bond donors (Lipinski definition) is 2. The first-order valence-corrected chi connectivity index (χ1v) is 5.48. The van der Waals surface area contributed by atoms with Crippen LogP contribution in [0.5, 0.6) is 5.75 Å². The van der Waals surface area contributed by atoms with E-state index >= 15 is 0 Å². The van der Waals surface area contributed by atoms with Crippen LogP contribution in [-0.4, -0.2) is 10.9 Å². The highest BCUT2D eigenvalue weighted by atomic mass is 16.3. The molecule has 1 aromatic carbocycles. The molecule has 0 aromatic heterocycles. The van der Waals surface area contributed by atoms with E-state index in [9.17, 15) is 9.90 Å². The van der Waals surface area contributed by atoms with Crippen LogP contribution >= 0.6 is 0 Å². The van der Waals surface area contributed by atoms with Crippen molar-refractivity contribution in [3.8, 4) is 5.75 Å². The molecule has 0 radical (unpaired) electrons. The molecule has 0 unspecified atom stereocenters. The molecule has 0 saturated carbocycles. The average molecular weight is 219 g/mol. The molecular formula is C13H17NO2. The minimum Gasteiger partial charge on any atom is -0.506 e. The largest absolute Gasteiger partial charge is 0.506 e. The summed E-state index contributed by atoms with van der Waals surface area (Å²) in [4.78, 5) is 11.3. The Morgan fingerprint density at radius 2 is 2.19 bits per heavy atom. The Hall–Kier alpha value is -1.77. The summed E-state index contributed by atoms with van der Waals surface area (Å²) in [6, 6.07) is 6.90. The van der Waals surface area contributed by atoms with Crippen molar-refractivity contribution in [2.24, 2.45) is 0 Å². The lowest BCUT2D eigenvalue weighted by Gasteiger charge is -2.02. The van der Waals surface area contributed by atoms with E-state index in [1.54, 1.807) is 24.4 Å². The number of phenolic OH excluding ortho intramolecular Hbond substituents is 1. The van der Waals surface area contributed by atoms with Crippen LogP contribution in [0.4, 0.5) is 5.69 Å². The van der Waals surface area contributed by atoms with E-state index in [1.807, 2.05) is 6.07 Å². The van der Waals surface area contributed by atoms with Crippen LogP contribution in [0.2, 0.25) is 0 Å². The van der Waals surface area contributed by atoms with Crippen molar-refractivity contribution < 1.29 is 9.90 Å². The Balaban J connectivity index is 2.42. The lowest BCUT2D eigenvalue weighted by Crippen LogP contribution is -1.94. The smallest absolute Gasteiger partial charge is 0.157 e. The van der Waals surface area contributed by atoms with Gasteiger partial charge in [-0.3, -0.25) is 4.79 Å². The summed E-state index contributed by atoms with van der Waals surface area (Å²) in [5.41, 5.74) is 0.599. The number of hydrogen-bond acceptors (Lipinski definition) is 3. The monoisotopic (exact) mass is 219 g/mol. The quantitative estimate of drug-likeness (QED) is 0.571. The number of carbonyl (C=O) groups is 1. The van der Waals surface area contributed by atoms with Gasteiger partial charge in [-0.15, -0.1) is 0 Å². The third-order valence-corrected chi connectivity index (χ3v) is 2.19. The van der Waals surface area contributed by atoms with Gasteiger partial charge in [0.1, 0.15) is 5.75 Å². The van der Waals surface area contributed by atoms with E-state index in [-0.39, 0.29) is 11.5 Å². The lowest BCUT2D eigenvalue weighted by atomic mass is 10.2. The zero-order valence-corrected chi connectivity index (χ0v) is 9.44. The van der Waals surface area contributed by atoms with Crippen LogP contribution in [-0.2, 0) is 4.79 Å². The Bertz CT molecular complexity index is 372. The van der Waals surface area contributed by atoms with Crippen LogP contribution in [0.15, 0.2) is 36.5 Å². The number of benzene rings is 1. The zero-order valence-electron chi connectivity index (χ0n) is 9.44. The first-order chi connectivity index (χ1) is 7.74. The van der Waals surface area contributed by atoms with Crippen LogP contribution in [0.1, 0.15) is 26.2 Å². The molecule has 0 amide bonds. The molecule has 0 fully saturated rings. The minimum atomic E-state index is 0.102. The van der Waals surface area contributed by atoms with Gasteiger partial charge >= 0.3 is 0 Å². The third-order valence-electron chi connectivity index (χ3n) is 2.19. The summed E-state index contributed by atoms with van der Waals surface area (Å²) < 4.78 is 0. The predicted molar refractivity (Wildman–Crippen MR) is 65.4 cm³/mol. The van der Waals surface area contributed by atoms with E-state index in [0.717, 1.165) is 12.8 Å². The zero-order chi connectivity index (χ0) is 11.8. The van der Waals surface area contributed by atoms with Gasteiger partial charge < -0.3 is 10.4 Å². The highest BCUT2D eigenvalue weighted by Gasteiger charge is 1.97. The molecule has 0 aliphatic heterocycles. The molecule has 2 N–H and O–H groups in total. The van der Waals surface area contributed by atoms with Crippen LogP contribution < -0.4 is 5.32 Å². The van der Waals surface area contributed by atoms with Gasteiger partial charge in [0.25, 0.3) is 0 Å². The fourth-order valence-electron chi connectivity index (χ4n) is 1.25. The second-order valence-electron chi connectivity index (χ2n) is 3.56. The topological polar surface area (TPSA) is 49.3 Å². The molecule has 0 saturated heterocycles. The molecular weight excluding hydrogens is 202 g/mol. The molecule has 0 aliphatic rings. The van der Waals surface area contributed by atoms with Gasteiger partial charge in [-0.25, -0.2) is 0 Å². The van der Waals surface area contributed by atoms with Crippen molar-refractivity contribution in [3.05, 3.63) is 36.5 Å². The molecule has 1 aromatic rings. The molecule has 1 rings (SSSR count). The van der Waals surface area contributed by atoms with Crippen molar-refractivity contribution in [3.63, 3.8) is 0 Å². The predicted octanol–water partition coefficient (Wildman–Crippen LogP) is 3.08. The van der Waals surface area contributed by atoms with Crippen molar-refractivity contribution in [1.29, 1.82) is 0 Å². The Morgan fingerprint density at radius 1 is 1.44 bits per heavy atom. The van der Waals surface area contributed by atoms with Gasteiger partial charge in [0, 0.05) is 12.6 Å². The van der Waals surface area contributed by atoms with E-state index in [4.69, 9.17) is 0 Å². The minimum absolute atomic E-state index is 0.102. The summed E-state index contributed by atoms with van der Waals surface area (Å²) >= 11 is 0. The van der Waals surface area contributed by atoms with Crippen molar-refractivity contribution in [1.82, 2.24) is 0 Å². The molecule has 3 nitrogen and oxygen atoms in total. The normalized spacial score (nSPS) is 10.6. The van der Waals surface area contributed by atoms with Gasteiger partial charge in [-0.1, -0.05) is 25.5 Å². The number of unbranched alkanes of at least 4 members (excludes halogenated alkanes) is 1. The molecule has 0 bridgehead atoms. The summed E-state index contributed by atoms with van der Waals surface area (Å²) in [5.74, 6) is 0.276. The SMILES string of the molecule is CCCCC(=O)C=CNc1ccccc1O. The number of aromatic hydroxyl groups is 1. The van der Waals surface area contributed by atoms with Crippen LogP contribution in [0.25, 0.3) is 0 Å². The maximum atomic E-state index is 11.3. The number of allylic oxidation sites excluding steroid dienone is 1. The van der Waals surface area contributed by atoms with Crippen LogP contribution in [0, 0.1) is 0 Å². The maximum Gasteiger partial charge on any atom is 0.157 e. The molecule has 0 spiro atoms. The van der Waals surface area contributed by atoms with Crippen molar-refractivity contribution in [2.75, 3.05) is 5.32 Å². The maximum absolute atomic E-state index is 11.3. The number of para-hydroxylation sites is 2. The number of phenols is 1. The van der Waals surface area contributed by atoms with E-state index in [2.05, 4.69) is 12.2 Å². The number of rotatable bonds is 6. The molecule has 0 atom stereocenters. The lowest BCUT2D eigenvalue weighted by molar-refractivity contribution is -0.114. The fraction of sp³-hybridized carbons (Fsp3) is 0.308. The second kappa shape index (κ2) is 6.67. The van der Waals surface area contributed by atoms with E-state index < -0.39 is 0 Å². The van der Waals surface area contributed by atoms with Crippen molar-refractivity contribution >= 4 is 11.5 Å². The van der Waals surface area contributed by atoms with E-state index in [1.165, 1.54) is 6.08 Å². The Kier molecular flexibility index (Phi) is 5.12. The highest BCUT2D eigenvalue weighted by molar-refractivity contribution is 5.89. The van der Waals surface area contributed by atoms with Crippen LogP contribution in [0.3, 0.4) is 0 Å². The summed E-state index contributed by atoms with van der Waals surface area (Å²) in [5, 5.41) is 12.3. The number of carbonyl (C=O) groups excluding carboxylic acids is 1. The van der Waals surface area contributed by atoms with Gasteiger partial charge in [0.15, 0.2) is 5.78 Å². The summed E-state index contributed by atoms with van der Waals surface area (Å²) in [6.45, 7) is 2.05. The average Bonchev–Trinajstić information content (AvgIpc) is 2.29. The first-order valence-electron chi connectivity index (χ1n) is 5.48. The highest BCUT2D eigenvalue weighted by Crippen LogP contribution is 2.21. The Morgan fingerprint density at radius 3 is 2.88 bits per heavy atom. The third kappa shape index (κ3) is 4.17. The Labute approximate surface area is 95.8 Å². The molecule has 3 heteroatoms. The molecule has 0 aliphatic carbocycles. The number of anilines is 1. The second-order valence-corrected chi connectivity index (χ2v) is 3.56. The van der Waals surface area contributed by atoms with Gasteiger partial charge in [0.05, 0.1) is 5.69 Å². The molecule has 16 heavy (non-hydrogen) atoms. The van der Waals surface area contributed by atoms with Gasteiger partial charge in [-0.2, -0.15) is 0 Å². The standard InChI is InChI=1S/C13H17NO2/c1-2-3-6-11(15)9-10-14-12-7-4-5-8-13(12)16/h4-5,7-10,14,16H,2-3,6H2,1H3. The number of ketones is 1. The van der Waals surface area contributed by atoms with Crippen molar-refractivity contribution in [2.45, 2.75) is 26.2 Å². The molecule has 86 valence electrons. The first kappa shape index (κ1) is 12.3. The van der Waals surface area contributed by atoms with E-state index in [0.29, 0.717) is 12.1 Å². The summed E-state index contributed by atoms with van der Waals surface area (Å²) in [7, 11) is 0. The summed E-state index contributed by atoms with van der Waals surface area (Å²) in [6.07, 6.45) is 5.58.